The summed E-state index contributed by atoms with van der Waals surface area (Å²) >= 11 is 1.56. The molecule has 112 valence electrons. The summed E-state index contributed by atoms with van der Waals surface area (Å²) in [6.45, 7) is 3.99. The number of aromatic amines is 1. The number of nitrogens with one attached hydrogen (secondary N) is 2. The molecule has 2 aromatic heterocycles. The van der Waals surface area contributed by atoms with Gasteiger partial charge in [-0.15, -0.1) is 11.3 Å². The number of nitrogens with zero attached hydrogens (tertiary/aromatic N) is 3. The Morgan fingerprint density at radius 3 is 3.29 bits per heavy atom. The van der Waals surface area contributed by atoms with Crippen molar-refractivity contribution >= 4 is 17.4 Å². The van der Waals surface area contributed by atoms with Gasteiger partial charge in [0, 0.05) is 23.8 Å². The van der Waals surface area contributed by atoms with Gasteiger partial charge in [-0.05, 0) is 13.0 Å². The molecular formula is C13H17N5O2S. The molecule has 21 heavy (non-hydrogen) atoms. The number of urea groups is 1. The second-order valence-corrected chi connectivity index (χ2v) is 5.74. The lowest BCUT2D eigenvalue weighted by atomic mass is 10.2. The Labute approximate surface area is 126 Å². The van der Waals surface area contributed by atoms with Crippen molar-refractivity contribution in [3.8, 4) is 0 Å². The highest BCUT2D eigenvalue weighted by molar-refractivity contribution is 7.09. The van der Waals surface area contributed by atoms with Gasteiger partial charge in [0.05, 0.1) is 25.5 Å². The van der Waals surface area contributed by atoms with Crippen molar-refractivity contribution in [2.24, 2.45) is 0 Å². The molecule has 1 fully saturated rings. The number of ether oxygens (including phenoxy) is 1. The molecule has 0 aromatic carbocycles. The molecule has 1 unspecified atom stereocenters. The summed E-state index contributed by atoms with van der Waals surface area (Å²) < 4.78 is 5.51. The quantitative estimate of drug-likeness (QED) is 0.899. The SMILES string of the molecule is Cc1csc(C2COCCN2C(=O)NCc2ccn[nH]2)n1. The molecule has 1 saturated heterocycles. The largest absolute Gasteiger partial charge is 0.377 e. The lowest BCUT2D eigenvalue weighted by Gasteiger charge is -2.34. The third-order valence-corrected chi connectivity index (χ3v) is 4.36. The van der Waals surface area contributed by atoms with E-state index in [1.165, 1.54) is 0 Å². The van der Waals surface area contributed by atoms with E-state index in [1.807, 2.05) is 18.4 Å². The monoisotopic (exact) mass is 307 g/mol. The van der Waals surface area contributed by atoms with Gasteiger partial charge >= 0.3 is 6.03 Å². The first-order valence-corrected chi connectivity index (χ1v) is 7.64. The van der Waals surface area contributed by atoms with Crippen LogP contribution >= 0.6 is 11.3 Å². The number of amides is 2. The minimum atomic E-state index is -0.112. The number of aromatic nitrogens is 3. The maximum Gasteiger partial charge on any atom is 0.318 e. The Balaban J connectivity index is 1.67. The van der Waals surface area contributed by atoms with E-state index in [0.717, 1.165) is 16.4 Å². The van der Waals surface area contributed by atoms with Gasteiger partial charge in [-0.2, -0.15) is 5.10 Å². The zero-order valence-electron chi connectivity index (χ0n) is 11.7. The van der Waals surface area contributed by atoms with Crippen molar-refractivity contribution in [1.82, 2.24) is 25.4 Å². The van der Waals surface area contributed by atoms with E-state index in [9.17, 15) is 4.79 Å². The maximum atomic E-state index is 12.4. The summed E-state index contributed by atoms with van der Waals surface area (Å²) in [7, 11) is 0. The van der Waals surface area contributed by atoms with Crippen LogP contribution in [0.15, 0.2) is 17.6 Å². The summed E-state index contributed by atoms with van der Waals surface area (Å²) in [6.07, 6.45) is 1.66. The molecule has 0 aliphatic carbocycles. The van der Waals surface area contributed by atoms with E-state index >= 15 is 0 Å². The number of rotatable bonds is 3. The molecule has 2 N–H and O–H groups in total. The van der Waals surface area contributed by atoms with Crippen molar-refractivity contribution < 1.29 is 9.53 Å². The summed E-state index contributed by atoms with van der Waals surface area (Å²) in [5.74, 6) is 0. The van der Waals surface area contributed by atoms with Gasteiger partial charge in [0.2, 0.25) is 0 Å². The van der Waals surface area contributed by atoms with Crippen LogP contribution in [-0.4, -0.2) is 45.9 Å². The lowest BCUT2D eigenvalue weighted by molar-refractivity contribution is 0.0114. The predicted molar refractivity (Wildman–Crippen MR) is 77.9 cm³/mol. The third kappa shape index (κ3) is 3.22. The summed E-state index contributed by atoms with van der Waals surface area (Å²) in [5.41, 5.74) is 1.84. The summed E-state index contributed by atoms with van der Waals surface area (Å²) in [4.78, 5) is 18.7. The summed E-state index contributed by atoms with van der Waals surface area (Å²) in [5, 5.41) is 12.5. The standard InChI is InChI=1S/C13H17N5O2S/c1-9-8-21-12(16-9)11-7-20-5-4-18(11)13(19)14-6-10-2-3-15-17-10/h2-3,8,11H,4-7H2,1H3,(H,14,19)(H,15,17). The Bertz CT molecular complexity index is 597. The van der Waals surface area contributed by atoms with Gasteiger partial charge < -0.3 is 15.0 Å². The molecule has 0 radical (unpaired) electrons. The van der Waals surface area contributed by atoms with E-state index in [-0.39, 0.29) is 12.1 Å². The molecular weight excluding hydrogens is 290 g/mol. The molecule has 2 amide bonds. The molecule has 0 bridgehead atoms. The van der Waals surface area contributed by atoms with Crippen molar-refractivity contribution in [1.29, 1.82) is 0 Å². The average Bonchev–Trinajstić information content (AvgIpc) is 3.16. The smallest absolute Gasteiger partial charge is 0.318 e. The van der Waals surface area contributed by atoms with Crippen LogP contribution in [0.4, 0.5) is 4.79 Å². The van der Waals surface area contributed by atoms with Crippen LogP contribution in [0, 0.1) is 6.92 Å². The van der Waals surface area contributed by atoms with Crippen LogP contribution in [0.3, 0.4) is 0 Å². The number of morpholine rings is 1. The van der Waals surface area contributed by atoms with E-state index in [4.69, 9.17) is 4.74 Å². The van der Waals surface area contributed by atoms with Gasteiger partial charge in [-0.25, -0.2) is 9.78 Å². The highest BCUT2D eigenvalue weighted by Crippen LogP contribution is 2.26. The van der Waals surface area contributed by atoms with Gasteiger partial charge in [0.25, 0.3) is 0 Å². The minimum absolute atomic E-state index is 0.106. The van der Waals surface area contributed by atoms with E-state index < -0.39 is 0 Å². The van der Waals surface area contributed by atoms with Crippen LogP contribution in [0.2, 0.25) is 0 Å². The number of thiazole rings is 1. The van der Waals surface area contributed by atoms with Gasteiger partial charge in [-0.1, -0.05) is 0 Å². The number of hydrogen-bond acceptors (Lipinski definition) is 5. The fourth-order valence-corrected chi connectivity index (χ4v) is 3.13. The Morgan fingerprint density at radius 1 is 1.67 bits per heavy atom. The average molecular weight is 307 g/mol. The number of hydrogen-bond donors (Lipinski definition) is 2. The Morgan fingerprint density at radius 2 is 2.57 bits per heavy atom. The number of H-pyrrole nitrogens is 1. The van der Waals surface area contributed by atoms with Crippen molar-refractivity contribution in [2.75, 3.05) is 19.8 Å². The number of carbonyl (C=O) groups is 1. The lowest BCUT2D eigenvalue weighted by Crippen LogP contribution is -2.47. The topological polar surface area (TPSA) is 83.1 Å². The first-order chi connectivity index (χ1) is 10.2. The van der Waals surface area contributed by atoms with Crippen LogP contribution in [-0.2, 0) is 11.3 Å². The van der Waals surface area contributed by atoms with Crippen LogP contribution in [0.25, 0.3) is 0 Å². The van der Waals surface area contributed by atoms with Crippen molar-refractivity contribution in [2.45, 2.75) is 19.5 Å². The minimum Gasteiger partial charge on any atom is -0.377 e. The Hall–Kier alpha value is -1.93. The van der Waals surface area contributed by atoms with Gasteiger partial charge in [0.15, 0.2) is 0 Å². The van der Waals surface area contributed by atoms with Crippen LogP contribution in [0.1, 0.15) is 22.4 Å². The molecule has 1 aliphatic heterocycles. The molecule has 2 aromatic rings. The zero-order valence-corrected chi connectivity index (χ0v) is 12.5. The third-order valence-electron chi connectivity index (χ3n) is 3.30. The molecule has 8 heteroatoms. The molecule has 1 atom stereocenters. The molecule has 0 saturated carbocycles. The second-order valence-electron chi connectivity index (χ2n) is 4.85. The van der Waals surface area contributed by atoms with Crippen LogP contribution < -0.4 is 5.32 Å². The first kappa shape index (κ1) is 14.0. The second kappa shape index (κ2) is 6.23. The zero-order chi connectivity index (χ0) is 14.7. The normalized spacial score (nSPS) is 18.7. The van der Waals surface area contributed by atoms with Crippen molar-refractivity contribution in [3.63, 3.8) is 0 Å². The molecule has 7 nitrogen and oxygen atoms in total. The number of aryl methyl sites for hydroxylation is 1. The predicted octanol–water partition coefficient (Wildman–Crippen LogP) is 1.46. The number of carbonyl (C=O) groups excluding carboxylic acids is 1. The summed E-state index contributed by atoms with van der Waals surface area (Å²) in [6, 6.07) is 1.62. The molecule has 3 rings (SSSR count). The molecule has 3 heterocycles. The van der Waals surface area contributed by atoms with E-state index in [2.05, 4.69) is 20.5 Å². The molecule has 1 aliphatic rings. The van der Waals surface area contributed by atoms with E-state index in [0.29, 0.717) is 26.3 Å². The van der Waals surface area contributed by atoms with E-state index in [1.54, 1.807) is 22.4 Å². The highest BCUT2D eigenvalue weighted by Gasteiger charge is 2.30. The molecule has 0 spiro atoms. The van der Waals surface area contributed by atoms with Crippen LogP contribution in [0.5, 0.6) is 0 Å². The Kier molecular flexibility index (Phi) is 4.16. The first-order valence-electron chi connectivity index (χ1n) is 6.76. The maximum absolute atomic E-state index is 12.4. The fourth-order valence-electron chi connectivity index (χ4n) is 2.23. The van der Waals surface area contributed by atoms with Gasteiger partial charge in [0.1, 0.15) is 11.0 Å². The fraction of sp³-hybridized carbons (Fsp3) is 0.462. The highest BCUT2D eigenvalue weighted by atomic mass is 32.1. The van der Waals surface area contributed by atoms with Crippen molar-refractivity contribution in [3.05, 3.63) is 34.0 Å². The van der Waals surface area contributed by atoms with Gasteiger partial charge in [-0.3, -0.25) is 5.10 Å².